The van der Waals surface area contributed by atoms with Crippen LogP contribution in [0.4, 0.5) is 17.1 Å². The molecular formula is C49H37N. The van der Waals surface area contributed by atoms with E-state index in [0.29, 0.717) is 0 Å². The van der Waals surface area contributed by atoms with Crippen LogP contribution < -0.4 is 4.90 Å². The molecule has 0 spiro atoms. The van der Waals surface area contributed by atoms with Crippen molar-refractivity contribution in [2.24, 2.45) is 0 Å². The lowest BCUT2D eigenvalue weighted by Gasteiger charge is -2.30. The maximum absolute atomic E-state index is 2.44. The molecule has 0 aliphatic heterocycles. The van der Waals surface area contributed by atoms with Crippen molar-refractivity contribution in [2.75, 3.05) is 4.90 Å². The zero-order valence-electron chi connectivity index (χ0n) is 28.3. The molecule has 0 saturated carbocycles. The summed E-state index contributed by atoms with van der Waals surface area (Å²) < 4.78 is 0. The molecule has 0 N–H and O–H groups in total. The van der Waals surface area contributed by atoms with Crippen molar-refractivity contribution in [3.63, 3.8) is 0 Å². The third kappa shape index (κ3) is 4.85. The van der Waals surface area contributed by atoms with Crippen molar-refractivity contribution in [3.8, 4) is 44.5 Å². The molecule has 9 rings (SSSR count). The highest BCUT2D eigenvalue weighted by atomic mass is 15.1. The standard InChI is InChI=1S/C49H37N/c1-49(2)44-27-16-26-40(34-17-6-3-7-18-34)48(44)43-32-30-38(33-45(43)49)50(37-22-10-5-11-23-37)46-28-15-14-25-41(46)42-31-29-35-19-12-13-24-39(35)47(42)36-20-8-4-9-21-36/h3-33H,1-2H3. The van der Waals surface area contributed by atoms with E-state index in [1.54, 1.807) is 0 Å². The molecule has 1 aliphatic rings. The normalized spacial score (nSPS) is 12.8. The predicted molar refractivity (Wildman–Crippen MR) is 213 cm³/mol. The Morgan fingerprint density at radius 3 is 1.78 bits per heavy atom. The third-order valence-corrected chi connectivity index (χ3v) is 10.5. The summed E-state index contributed by atoms with van der Waals surface area (Å²) in [5, 5.41) is 2.49. The van der Waals surface area contributed by atoms with Gasteiger partial charge in [-0.05, 0) is 91.2 Å². The fourth-order valence-corrected chi connectivity index (χ4v) is 8.09. The number of rotatable bonds is 6. The minimum absolute atomic E-state index is 0.161. The van der Waals surface area contributed by atoms with Crippen LogP contribution in [0, 0.1) is 0 Å². The second kappa shape index (κ2) is 12.1. The van der Waals surface area contributed by atoms with Crippen molar-refractivity contribution in [1.82, 2.24) is 0 Å². The molecule has 0 amide bonds. The van der Waals surface area contributed by atoms with Crippen molar-refractivity contribution in [2.45, 2.75) is 19.3 Å². The summed E-state index contributed by atoms with van der Waals surface area (Å²) in [5.74, 6) is 0. The van der Waals surface area contributed by atoms with Gasteiger partial charge in [-0.1, -0.05) is 172 Å². The summed E-state index contributed by atoms with van der Waals surface area (Å²) in [4.78, 5) is 2.44. The largest absolute Gasteiger partial charge is 0.310 e. The summed E-state index contributed by atoms with van der Waals surface area (Å²) in [7, 11) is 0. The smallest absolute Gasteiger partial charge is 0.0540 e. The number of anilines is 3. The van der Waals surface area contributed by atoms with E-state index < -0.39 is 0 Å². The van der Waals surface area contributed by atoms with Gasteiger partial charge in [-0.2, -0.15) is 0 Å². The van der Waals surface area contributed by atoms with Crippen molar-refractivity contribution in [1.29, 1.82) is 0 Å². The Morgan fingerprint density at radius 1 is 0.380 bits per heavy atom. The van der Waals surface area contributed by atoms with E-state index in [1.165, 1.54) is 66.4 Å². The van der Waals surface area contributed by atoms with E-state index in [-0.39, 0.29) is 5.41 Å². The van der Waals surface area contributed by atoms with E-state index in [1.807, 2.05) is 0 Å². The molecule has 0 bridgehead atoms. The number of hydrogen-bond donors (Lipinski definition) is 0. The number of benzene rings is 8. The van der Waals surface area contributed by atoms with Crippen LogP contribution in [0.3, 0.4) is 0 Å². The van der Waals surface area contributed by atoms with Crippen LogP contribution in [-0.4, -0.2) is 0 Å². The maximum Gasteiger partial charge on any atom is 0.0540 e. The van der Waals surface area contributed by atoms with Gasteiger partial charge in [0, 0.05) is 22.4 Å². The number of para-hydroxylation sites is 2. The molecule has 1 aliphatic carbocycles. The van der Waals surface area contributed by atoms with Gasteiger partial charge in [0.25, 0.3) is 0 Å². The van der Waals surface area contributed by atoms with E-state index in [0.717, 1.165) is 17.1 Å². The molecule has 0 atom stereocenters. The molecule has 50 heavy (non-hydrogen) atoms. The van der Waals surface area contributed by atoms with Crippen LogP contribution in [0.2, 0.25) is 0 Å². The van der Waals surface area contributed by atoms with E-state index in [2.05, 4.69) is 207 Å². The van der Waals surface area contributed by atoms with E-state index in [4.69, 9.17) is 0 Å². The van der Waals surface area contributed by atoms with Gasteiger partial charge < -0.3 is 4.90 Å². The summed E-state index contributed by atoms with van der Waals surface area (Å²) in [5.41, 5.74) is 16.1. The van der Waals surface area contributed by atoms with Crippen LogP contribution in [0.5, 0.6) is 0 Å². The highest BCUT2D eigenvalue weighted by Gasteiger charge is 2.37. The van der Waals surface area contributed by atoms with Crippen molar-refractivity contribution < 1.29 is 0 Å². The van der Waals surface area contributed by atoms with Crippen LogP contribution >= 0.6 is 0 Å². The molecule has 238 valence electrons. The zero-order valence-corrected chi connectivity index (χ0v) is 28.3. The van der Waals surface area contributed by atoms with Gasteiger partial charge in [0.2, 0.25) is 0 Å². The molecule has 0 saturated heterocycles. The second-order valence-corrected chi connectivity index (χ2v) is 13.7. The van der Waals surface area contributed by atoms with Gasteiger partial charge in [0.05, 0.1) is 5.69 Å². The van der Waals surface area contributed by atoms with Crippen LogP contribution in [0.15, 0.2) is 188 Å². The fourth-order valence-electron chi connectivity index (χ4n) is 8.09. The first kappa shape index (κ1) is 29.9. The minimum Gasteiger partial charge on any atom is -0.310 e. The molecular weight excluding hydrogens is 603 g/mol. The highest BCUT2D eigenvalue weighted by molar-refractivity contribution is 6.06. The van der Waals surface area contributed by atoms with Gasteiger partial charge >= 0.3 is 0 Å². The summed E-state index contributed by atoms with van der Waals surface area (Å²) >= 11 is 0. The third-order valence-electron chi connectivity index (χ3n) is 10.5. The first-order valence-electron chi connectivity index (χ1n) is 17.5. The molecule has 0 fully saturated rings. The van der Waals surface area contributed by atoms with Crippen molar-refractivity contribution in [3.05, 3.63) is 199 Å². The molecule has 0 unspecified atom stereocenters. The first-order chi connectivity index (χ1) is 24.6. The fraction of sp³-hybridized carbons (Fsp3) is 0.0612. The molecule has 1 heteroatoms. The minimum atomic E-state index is -0.161. The second-order valence-electron chi connectivity index (χ2n) is 13.7. The van der Waals surface area contributed by atoms with Gasteiger partial charge in [0.15, 0.2) is 0 Å². The van der Waals surface area contributed by atoms with Gasteiger partial charge in [-0.15, -0.1) is 0 Å². The monoisotopic (exact) mass is 639 g/mol. The lowest BCUT2D eigenvalue weighted by atomic mass is 9.81. The number of fused-ring (bicyclic) bond motifs is 4. The Kier molecular flexibility index (Phi) is 7.21. The quantitative estimate of drug-likeness (QED) is 0.175. The Labute approximate surface area is 294 Å². The SMILES string of the molecule is CC1(C)c2cc(N(c3ccccc3)c3ccccc3-c3ccc4ccccc4c3-c3ccccc3)ccc2-c2c(-c3ccccc3)cccc21. The number of nitrogens with zero attached hydrogens (tertiary/aromatic N) is 1. The predicted octanol–water partition coefficient (Wildman–Crippen LogP) is 13.6. The number of hydrogen-bond acceptors (Lipinski definition) is 1. The average Bonchev–Trinajstić information content (AvgIpc) is 3.41. The molecule has 8 aromatic rings. The van der Waals surface area contributed by atoms with E-state index in [9.17, 15) is 0 Å². The summed E-state index contributed by atoms with van der Waals surface area (Å²) in [6.45, 7) is 4.75. The lowest BCUT2D eigenvalue weighted by molar-refractivity contribution is 0.660. The molecule has 1 nitrogen and oxygen atoms in total. The Balaban J connectivity index is 1.27. The van der Waals surface area contributed by atoms with Crippen LogP contribution in [0.25, 0.3) is 55.3 Å². The topological polar surface area (TPSA) is 3.24 Å². The first-order valence-corrected chi connectivity index (χ1v) is 17.5. The molecule has 0 aromatic heterocycles. The zero-order chi connectivity index (χ0) is 33.7. The Morgan fingerprint density at radius 2 is 1.00 bits per heavy atom. The van der Waals surface area contributed by atoms with Crippen LogP contribution in [-0.2, 0) is 5.41 Å². The van der Waals surface area contributed by atoms with Gasteiger partial charge in [-0.3, -0.25) is 0 Å². The summed E-state index contributed by atoms with van der Waals surface area (Å²) in [6, 6.07) is 68.5. The van der Waals surface area contributed by atoms with Crippen molar-refractivity contribution >= 4 is 27.8 Å². The molecule has 0 heterocycles. The van der Waals surface area contributed by atoms with Gasteiger partial charge in [-0.25, -0.2) is 0 Å². The average molecular weight is 640 g/mol. The molecule has 0 radical (unpaired) electrons. The Hall–Kier alpha value is -6.18. The van der Waals surface area contributed by atoms with Crippen LogP contribution in [0.1, 0.15) is 25.0 Å². The molecule has 8 aromatic carbocycles. The summed E-state index contributed by atoms with van der Waals surface area (Å²) in [6.07, 6.45) is 0. The maximum atomic E-state index is 2.44. The van der Waals surface area contributed by atoms with Gasteiger partial charge in [0.1, 0.15) is 0 Å². The van der Waals surface area contributed by atoms with E-state index >= 15 is 0 Å². The lowest BCUT2D eigenvalue weighted by Crippen LogP contribution is -2.17. The highest BCUT2D eigenvalue weighted by Crippen LogP contribution is 2.54. The Bertz CT molecular complexity index is 2490.